The van der Waals surface area contributed by atoms with E-state index in [-0.39, 0.29) is 57.4 Å². The molecule has 34 heteroatoms. The number of esters is 2. The van der Waals surface area contributed by atoms with E-state index in [2.05, 4.69) is 50.7 Å². The number of imidazole rings is 2. The molecule has 0 unspecified atom stereocenters. The van der Waals surface area contributed by atoms with E-state index in [0.717, 1.165) is 9.13 Å². The molecule has 6 aromatic rings. The number of nitrogens with two attached hydrogens (primary N) is 2. The molecule has 0 aliphatic carbocycles. The van der Waals surface area contributed by atoms with Gasteiger partial charge in [0, 0.05) is 14.1 Å². The number of rotatable bonds is 22. The molecule has 0 spiro atoms. The molecule has 0 saturated carbocycles. The zero-order chi connectivity index (χ0) is 58.5. The molecule has 4 aromatic heterocycles. The van der Waals surface area contributed by atoms with Crippen LogP contribution in [0.4, 0.5) is 32.3 Å². The molecule has 0 radical (unpaired) electrons. The summed E-state index contributed by atoms with van der Waals surface area (Å²) in [6.45, 7) is 8.17. The maximum Gasteiger partial charge on any atom is 0.459 e. The van der Waals surface area contributed by atoms with Crippen molar-refractivity contribution < 1.29 is 74.8 Å². The number of aromatic nitrogens is 8. The monoisotopic (exact) mass is 1200 g/mol. The van der Waals surface area contributed by atoms with Gasteiger partial charge in [0.1, 0.15) is 48.0 Å². The number of nitrogens with one attached hydrogen (secondary N) is 4. The first kappa shape index (κ1) is 61.5. The Hall–Kier alpha value is -6.14. The SMILES string of the molecule is CNc1nc(N)nc2c1ncn2[C@@H]1O[C@H](CO[P@@](=O)(N[C@@H](C)C(=O)OC(C)C)Oc2ccccc2)[C@@H](O)[C@@]1(F)Cl.CNc1nc(N)nc2c1ncn2[C@@H]1O[C@H](CO[P@@](=O)(N[C@@H](C)C(=O)OC(C)C)Oc2ccccc2)[C@@H](O)[C@]1(F)Cl. The van der Waals surface area contributed by atoms with Gasteiger partial charge in [0.15, 0.2) is 46.4 Å². The summed E-state index contributed by atoms with van der Waals surface area (Å²) in [5, 5.41) is 26.3. The predicted octanol–water partition coefficient (Wildman–Crippen LogP) is 5.49. The molecular weight excluding hydrogens is 1140 g/mol. The molecule has 80 heavy (non-hydrogen) atoms. The zero-order valence-electron chi connectivity index (χ0n) is 44.0. The molecule has 12 atom stereocenters. The van der Waals surface area contributed by atoms with Crippen molar-refractivity contribution in [3.8, 4) is 11.5 Å². The summed E-state index contributed by atoms with van der Waals surface area (Å²) in [5.74, 6) is -0.752. The van der Waals surface area contributed by atoms with Crippen LogP contribution in [0.2, 0.25) is 0 Å². The number of fused-ring (bicyclic) bond motifs is 2. The number of aliphatic hydroxyl groups is 2. The summed E-state index contributed by atoms with van der Waals surface area (Å²) in [6, 6.07) is 13.9. The van der Waals surface area contributed by atoms with Crippen molar-refractivity contribution in [2.75, 3.05) is 49.4 Å². The van der Waals surface area contributed by atoms with E-state index in [1.54, 1.807) is 78.2 Å². The maximum absolute atomic E-state index is 15.7. The van der Waals surface area contributed by atoms with E-state index in [0.29, 0.717) is 0 Å². The van der Waals surface area contributed by atoms with Crippen LogP contribution in [0.1, 0.15) is 54.0 Å². The second kappa shape index (κ2) is 25.3. The molecule has 2 aliphatic rings. The third-order valence-corrected chi connectivity index (χ3v) is 15.6. The van der Waals surface area contributed by atoms with E-state index in [4.69, 9.17) is 71.7 Å². The van der Waals surface area contributed by atoms with Crippen molar-refractivity contribution in [2.45, 2.75) is 113 Å². The van der Waals surface area contributed by atoms with Gasteiger partial charge in [0.2, 0.25) is 11.9 Å². The summed E-state index contributed by atoms with van der Waals surface area (Å²) in [6.07, 6.45) is -8.45. The first-order valence-electron chi connectivity index (χ1n) is 24.4. The smallest absolute Gasteiger partial charge is 0.459 e. The number of halogens is 4. The van der Waals surface area contributed by atoms with Gasteiger partial charge in [-0.1, -0.05) is 59.6 Å². The first-order valence-corrected chi connectivity index (χ1v) is 28.3. The minimum Gasteiger partial charge on any atom is -0.462 e. The Morgan fingerprint density at radius 1 is 0.662 bits per heavy atom. The molecular formula is C46H60Cl2F2N14O14P2. The Bertz CT molecular complexity index is 3000. The molecule has 2 fully saturated rings. The molecule has 0 amide bonds. The first-order chi connectivity index (χ1) is 37.7. The van der Waals surface area contributed by atoms with Gasteiger partial charge in [0.05, 0.1) is 38.1 Å². The fourth-order valence-corrected chi connectivity index (χ4v) is 11.4. The third kappa shape index (κ3) is 14.1. The van der Waals surface area contributed by atoms with Crippen LogP contribution in [0.15, 0.2) is 73.3 Å². The number of hydrogen-bond donors (Lipinski definition) is 8. The van der Waals surface area contributed by atoms with E-state index in [9.17, 15) is 28.9 Å². The fourth-order valence-electron chi connectivity index (χ4n) is 7.78. The Morgan fingerprint density at radius 3 is 1.34 bits per heavy atom. The molecule has 2 saturated heterocycles. The lowest BCUT2D eigenvalue weighted by atomic mass is 10.1. The highest BCUT2D eigenvalue weighted by Gasteiger charge is 2.60. The maximum atomic E-state index is 15.7. The molecule has 6 heterocycles. The highest BCUT2D eigenvalue weighted by atomic mass is 35.5. The molecule has 8 rings (SSSR count). The number of hydrogen-bond acceptors (Lipinski definition) is 24. The number of benzene rings is 2. The van der Waals surface area contributed by atoms with Crippen LogP contribution in [0.25, 0.3) is 22.3 Å². The second-order valence-electron chi connectivity index (χ2n) is 18.4. The molecule has 0 bridgehead atoms. The van der Waals surface area contributed by atoms with Gasteiger partial charge in [-0.2, -0.15) is 30.1 Å². The number of aliphatic hydroxyl groups excluding tert-OH is 2. The van der Waals surface area contributed by atoms with E-state index < -0.39 is 112 Å². The van der Waals surface area contributed by atoms with Crippen molar-refractivity contribution >= 4 is 96.5 Å². The van der Waals surface area contributed by atoms with Gasteiger partial charge in [-0.05, 0) is 65.8 Å². The van der Waals surface area contributed by atoms with Crippen LogP contribution < -0.4 is 41.3 Å². The van der Waals surface area contributed by atoms with Crippen LogP contribution in [-0.4, -0.2) is 147 Å². The number of ether oxygens (including phenoxy) is 4. The van der Waals surface area contributed by atoms with Gasteiger partial charge >= 0.3 is 27.4 Å². The van der Waals surface area contributed by atoms with Crippen molar-refractivity contribution in [3.63, 3.8) is 0 Å². The van der Waals surface area contributed by atoms with Gasteiger partial charge < -0.3 is 60.3 Å². The summed E-state index contributed by atoms with van der Waals surface area (Å²) < 4.78 is 105. The minimum absolute atomic E-state index is 0.0931. The highest BCUT2D eigenvalue weighted by molar-refractivity contribution is 7.52. The fraction of sp³-hybridized carbons (Fsp3) is 0.478. The molecule has 10 N–H and O–H groups in total. The van der Waals surface area contributed by atoms with E-state index in [1.165, 1.54) is 50.8 Å². The Kier molecular flexibility index (Phi) is 19.5. The zero-order valence-corrected chi connectivity index (χ0v) is 47.3. The number of carbonyl (C=O) groups excluding carboxylic acids is 2. The Morgan fingerprint density at radius 2 is 1.01 bits per heavy atom. The summed E-state index contributed by atoms with van der Waals surface area (Å²) >= 11 is 12.2. The van der Waals surface area contributed by atoms with Crippen LogP contribution in [0, 0.1) is 0 Å². The summed E-state index contributed by atoms with van der Waals surface area (Å²) in [7, 11) is -5.46. The number of nitrogens with zero attached hydrogens (tertiary/aromatic N) is 8. The van der Waals surface area contributed by atoms with Crippen molar-refractivity contribution in [3.05, 3.63) is 73.3 Å². The lowest BCUT2D eigenvalue weighted by Crippen LogP contribution is -2.40. The quantitative estimate of drug-likeness (QED) is 0.0236. The topological polar surface area (TPSA) is 370 Å². The summed E-state index contributed by atoms with van der Waals surface area (Å²) in [4.78, 5) is 49.3. The average Bonchev–Trinajstić information content (AvgIpc) is 4.23. The standard InChI is InChI=1S/2C23H30ClFN7O7P/c2*1-12(2)37-20(34)13(3)31-40(35,39-14-8-6-5-7-9-14)36-10-15-17(33)23(24,25)21(38-15)32-11-28-16-18(27-4)29-22(26)30-19(16)32/h2*5-9,11-13,15,17,21,33H,10H2,1-4H3,(H,31,35)(H3,26,27,29,30)/t13-,15+,17+,21+,23+,40-;13-,15+,17+,21+,23-,40-/m00/s1. The molecule has 28 nitrogen and oxygen atoms in total. The highest BCUT2D eigenvalue weighted by Crippen LogP contribution is 2.51. The number of nitrogen functional groups attached to an aromatic ring is 2. The number of para-hydroxylation sites is 2. The Labute approximate surface area is 466 Å². The van der Waals surface area contributed by atoms with E-state index in [1.807, 2.05) is 0 Å². The third-order valence-electron chi connectivity index (χ3n) is 11.5. The van der Waals surface area contributed by atoms with Gasteiger partial charge in [0.25, 0.3) is 10.3 Å². The minimum atomic E-state index is -4.32. The largest absolute Gasteiger partial charge is 0.462 e. The number of anilines is 4. The molecule has 2 aliphatic heterocycles. The number of alkyl halides is 4. The lowest BCUT2D eigenvalue weighted by molar-refractivity contribution is -0.150. The molecule has 2 aromatic carbocycles. The molecule has 436 valence electrons. The predicted molar refractivity (Wildman–Crippen MR) is 287 cm³/mol. The van der Waals surface area contributed by atoms with Crippen LogP contribution in [0.5, 0.6) is 11.5 Å². The lowest BCUT2D eigenvalue weighted by Gasteiger charge is -2.25. The van der Waals surface area contributed by atoms with Crippen LogP contribution >= 0.6 is 38.7 Å². The normalized spacial score (nSPS) is 25.1. The van der Waals surface area contributed by atoms with Gasteiger partial charge in [-0.25, -0.2) is 27.9 Å². The van der Waals surface area contributed by atoms with E-state index >= 15 is 8.78 Å². The van der Waals surface area contributed by atoms with Crippen molar-refractivity contribution in [1.29, 1.82) is 0 Å². The van der Waals surface area contributed by atoms with Crippen LogP contribution in [0.3, 0.4) is 0 Å². The van der Waals surface area contributed by atoms with Crippen molar-refractivity contribution in [1.82, 2.24) is 49.2 Å². The van der Waals surface area contributed by atoms with Gasteiger partial charge in [-0.3, -0.25) is 27.8 Å². The van der Waals surface area contributed by atoms with Crippen molar-refractivity contribution in [2.24, 2.45) is 0 Å². The van der Waals surface area contributed by atoms with Crippen LogP contribution in [-0.2, 0) is 46.7 Å². The summed E-state index contributed by atoms with van der Waals surface area (Å²) in [5.41, 5.74) is 12.2. The number of carbonyl (C=O) groups is 2. The Balaban J connectivity index is 0.000000231. The second-order valence-corrected chi connectivity index (χ2v) is 22.9. The van der Waals surface area contributed by atoms with Gasteiger partial charge in [-0.15, -0.1) is 0 Å². The average molecular weight is 1200 g/mol.